The molecule has 330 valence electrons. The van der Waals surface area contributed by atoms with Gasteiger partial charge in [-0.3, -0.25) is 9.88 Å². The van der Waals surface area contributed by atoms with E-state index < -0.39 is 18.0 Å². The first-order chi connectivity index (χ1) is 30.5. The van der Waals surface area contributed by atoms with Gasteiger partial charge in [-0.25, -0.2) is 23.5 Å². The highest BCUT2D eigenvalue weighted by Crippen LogP contribution is 2.46. The summed E-state index contributed by atoms with van der Waals surface area (Å²) in [7, 11) is 3.73. The summed E-state index contributed by atoms with van der Waals surface area (Å²) in [5, 5.41) is 11.7. The van der Waals surface area contributed by atoms with Gasteiger partial charge in [0.05, 0.1) is 33.6 Å². The number of carbonyl (C=O) groups is 1. The Morgan fingerprint density at radius 2 is 1.79 bits per heavy atom. The number of halogens is 3. The first-order valence-corrected chi connectivity index (χ1v) is 22.2. The molecular formula is C47H49ClF2N6O6S. The van der Waals surface area contributed by atoms with Crippen LogP contribution < -0.4 is 18.9 Å². The van der Waals surface area contributed by atoms with Crippen molar-refractivity contribution in [2.24, 2.45) is 0 Å². The Morgan fingerprint density at radius 3 is 2.57 bits per heavy atom. The van der Waals surface area contributed by atoms with Gasteiger partial charge in [-0.05, 0) is 85.4 Å². The lowest BCUT2D eigenvalue weighted by Crippen LogP contribution is -2.45. The summed E-state index contributed by atoms with van der Waals surface area (Å²) in [6.45, 7) is 7.27. The number of aromatic nitrogens is 4. The SMILES string of the molecule is COc1cccc(-c2ncc3snc(O[C@H](Cc4ccccc4OCc4ccnc(C5CCC(F)(F)CC5)n4)C(=O)O)c3c2-c2ccc(OCCN3CCN(C)CC3)c(Cl)c2C)c1. The molecule has 1 N–H and O–H groups in total. The van der Waals surface area contributed by atoms with Gasteiger partial charge in [-0.1, -0.05) is 48.0 Å². The molecule has 16 heteroatoms. The maximum atomic E-state index is 13.8. The minimum atomic E-state index is -2.65. The highest BCUT2D eigenvalue weighted by molar-refractivity contribution is 7.13. The van der Waals surface area contributed by atoms with Gasteiger partial charge in [-0.15, -0.1) is 0 Å². The standard InChI is InChI=1S/C47H49ClF2N6O6S/c1-29-35(11-12-37(42(29)48)60-24-23-56-21-19-55(2)20-22-56)40-41-39(27-52-43(40)32-8-6-9-34(25-32)59-3)63-54-45(41)62-38(46(57)58)26-31-7-4-5-10-36(31)61-28-33-15-18-51-44(53-33)30-13-16-47(49,50)17-14-30/h4-12,15,18,25,27,30,38H,13-14,16-17,19-24,26,28H2,1-3H3,(H,57,58)/t38-/m1/s1. The predicted octanol–water partition coefficient (Wildman–Crippen LogP) is 9.36. The number of ether oxygens (including phenoxy) is 4. The third-order valence-corrected chi connectivity index (χ3v) is 13.0. The maximum absolute atomic E-state index is 13.8. The Hall–Kier alpha value is -5.48. The first-order valence-electron chi connectivity index (χ1n) is 21.0. The molecule has 4 heterocycles. The van der Waals surface area contributed by atoms with Crippen molar-refractivity contribution < 1.29 is 37.6 Å². The second-order valence-corrected chi connectivity index (χ2v) is 17.2. The largest absolute Gasteiger partial charge is 0.497 e. The van der Waals surface area contributed by atoms with Crippen LogP contribution in [0.5, 0.6) is 23.1 Å². The Bertz CT molecular complexity index is 2560. The number of pyridine rings is 1. The van der Waals surface area contributed by atoms with Gasteiger partial charge in [0.15, 0.2) is 0 Å². The van der Waals surface area contributed by atoms with Crippen molar-refractivity contribution in [3.63, 3.8) is 0 Å². The molecule has 12 nitrogen and oxygen atoms in total. The van der Waals surface area contributed by atoms with Crippen molar-refractivity contribution >= 4 is 39.2 Å². The number of benzene rings is 3. The predicted molar refractivity (Wildman–Crippen MR) is 239 cm³/mol. The number of rotatable bonds is 16. The number of aliphatic carboxylic acids is 1. The quantitative estimate of drug-likeness (QED) is 0.0993. The number of nitrogens with zero attached hydrogens (tertiary/aromatic N) is 6. The Balaban J connectivity index is 1.07. The van der Waals surface area contributed by atoms with Crippen molar-refractivity contribution in [1.29, 1.82) is 0 Å². The summed E-state index contributed by atoms with van der Waals surface area (Å²) in [5.41, 5.74) is 4.73. The van der Waals surface area contributed by atoms with Crippen LogP contribution in [-0.2, 0) is 17.8 Å². The van der Waals surface area contributed by atoms with E-state index in [1.165, 1.54) is 0 Å². The summed E-state index contributed by atoms with van der Waals surface area (Å²) < 4.78 is 57.4. The summed E-state index contributed by atoms with van der Waals surface area (Å²) in [6.07, 6.45) is 2.18. The lowest BCUT2D eigenvalue weighted by Gasteiger charge is -2.32. The minimum absolute atomic E-state index is 0.0516. The summed E-state index contributed by atoms with van der Waals surface area (Å²) in [5.74, 6) is -1.66. The number of methoxy groups -OCH3 is 1. The van der Waals surface area contributed by atoms with Crippen molar-refractivity contribution in [3.8, 4) is 45.5 Å². The monoisotopic (exact) mass is 898 g/mol. The average Bonchev–Trinajstić information content (AvgIpc) is 3.70. The average molecular weight is 899 g/mol. The Kier molecular flexibility index (Phi) is 13.7. The van der Waals surface area contributed by atoms with E-state index in [0.29, 0.717) is 80.1 Å². The molecule has 1 saturated heterocycles. The van der Waals surface area contributed by atoms with Crippen LogP contribution in [0.1, 0.15) is 54.2 Å². The molecule has 0 unspecified atom stereocenters. The molecule has 63 heavy (non-hydrogen) atoms. The van der Waals surface area contributed by atoms with Crippen LogP contribution in [-0.4, -0.2) is 106 Å². The highest BCUT2D eigenvalue weighted by atomic mass is 35.5. The molecular weight excluding hydrogens is 850 g/mol. The number of fused-ring (bicyclic) bond motifs is 1. The van der Waals surface area contributed by atoms with E-state index in [-0.39, 0.29) is 37.7 Å². The summed E-state index contributed by atoms with van der Waals surface area (Å²) in [4.78, 5) is 31.7. The molecule has 0 bridgehead atoms. The second-order valence-electron chi connectivity index (χ2n) is 16.1. The molecule has 8 rings (SSSR count). The molecule has 1 saturated carbocycles. The third-order valence-electron chi connectivity index (χ3n) is 11.8. The van der Waals surface area contributed by atoms with E-state index >= 15 is 0 Å². The first kappa shape index (κ1) is 44.1. The van der Waals surface area contributed by atoms with E-state index in [0.717, 1.165) is 60.9 Å². The fourth-order valence-corrected chi connectivity index (χ4v) is 9.02. The molecule has 3 aromatic heterocycles. The molecule has 1 aliphatic carbocycles. The normalized spacial score (nSPS) is 16.5. The molecule has 1 aliphatic heterocycles. The van der Waals surface area contributed by atoms with Crippen LogP contribution in [0.3, 0.4) is 0 Å². The summed E-state index contributed by atoms with van der Waals surface area (Å²) in [6, 6.07) is 20.2. The van der Waals surface area contributed by atoms with Gasteiger partial charge in [0.1, 0.15) is 36.3 Å². The number of likely N-dealkylation sites (N-methyl/N-ethyl adjacent to an activating group) is 1. The molecule has 0 amide bonds. The number of carboxylic acids is 1. The van der Waals surface area contributed by atoms with Gasteiger partial charge in [-0.2, -0.15) is 4.37 Å². The number of hydrogen-bond acceptors (Lipinski definition) is 12. The Morgan fingerprint density at radius 1 is 1.00 bits per heavy atom. The van der Waals surface area contributed by atoms with Gasteiger partial charge in [0.2, 0.25) is 17.9 Å². The molecule has 1 atom stereocenters. The lowest BCUT2D eigenvalue weighted by atomic mass is 9.86. The van der Waals surface area contributed by atoms with Crippen LogP contribution in [0.4, 0.5) is 8.78 Å². The maximum Gasteiger partial charge on any atom is 0.345 e. The number of para-hydroxylation sites is 1. The third kappa shape index (κ3) is 10.3. The molecule has 2 aliphatic rings. The fourth-order valence-electron chi connectivity index (χ4n) is 8.11. The Labute approximate surface area is 373 Å². The van der Waals surface area contributed by atoms with Crippen molar-refractivity contribution in [2.45, 2.75) is 63.6 Å². The molecule has 0 spiro atoms. The van der Waals surface area contributed by atoms with Gasteiger partial charge in [0.25, 0.3) is 0 Å². The van der Waals surface area contributed by atoms with Gasteiger partial charge in [0, 0.05) is 81.4 Å². The topological polar surface area (TPSA) is 132 Å². The number of hydrogen-bond donors (Lipinski definition) is 1. The number of alkyl halides is 2. The zero-order valence-electron chi connectivity index (χ0n) is 35.4. The number of piperazine rings is 1. The zero-order chi connectivity index (χ0) is 44.1. The van der Waals surface area contributed by atoms with Crippen LogP contribution in [0, 0.1) is 6.92 Å². The van der Waals surface area contributed by atoms with Crippen molar-refractivity contribution in [3.05, 3.63) is 107 Å². The second kappa shape index (κ2) is 19.5. The smallest absolute Gasteiger partial charge is 0.345 e. The molecule has 3 aromatic carbocycles. The molecule has 0 radical (unpaired) electrons. The van der Waals surface area contributed by atoms with Crippen LogP contribution >= 0.6 is 23.1 Å². The molecule has 2 fully saturated rings. The van der Waals surface area contributed by atoms with Crippen molar-refractivity contribution in [1.82, 2.24) is 29.1 Å². The number of carboxylic acid groups (broad SMARTS) is 1. The molecule has 6 aromatic rings. The van der Waals surface area contributed by atoms with Crippen LogP contribution in [0.25, 0.3) is 32.5 Å². The van der Waals surface area contributed by atoms with E-state index in [2.05, 4.69) is 31.2 Å². The van der Waals surface area contributed by atoms with Crippen LogP contribution in [0.2, 0.25) is 5.02 Å². The van der Waals surface area contributed by atoms with Crippen molar-refractivity contribution in [2.75, 3.05) is 53.5 Å². The minimum Gasteiger partial charge on any atom is -0.497 e. The van der Waals surface area contributed by atoms with E-state index in [1.807, 2.05) is 43.3 Å². The van der Waals surface area contributed by atoms with E-state index in [1.54, 1.807) is 49.8 Å². The van der Waals surface area contributed by atoms with Gasteiger partial charge >= 0.3 is 5.97 Å². The van der Waals surface area contributed by atoms with E-state index in [4.69, 9.17) is 35.5 Å². The van der Waals surface area contributed by atoms with Gasteiger partial charge < -0.3 is 29.0 Å². The highest BCUT2D eigenvalue weighted by Gasteiger charge is 2.36. The lowest BCUT2D eigenvalue weighted by molar-refractivity contribution is -0.145. The van der Waals surface area contributed by atoms with E-state index in [9.17, 15) is 18.7 Å². The van der Waals surface area contributed by atoms with Crippen LogP contribution in [0.15, 0.2) is 79.1 Å². The fraction of sp³-hybridized carbons (Fsp3) is 0.383. The summed E-state index contributed by atoms with van der Waals surface area (Å²) >= 11 is 8.25. The zero-order valence-corrected chi connectivity index (χ0v) is 36.9.